The largest absolute Gasteiger partial charge is 0.457 e. The molecule has 46 heavy (non-hydrogen) atoms. The predicted octanol–water partition coefficient (Wildman–Crippen LogP) is 7.40. The number of halogens is 3. The zero-order valence-electron chi connectivity index (χ0n) is 25.4. The van der Waals surface area contributed by atoms with Gasteiger partial charge in [-0.15, -0.1) is 11.3 Å². The molecule has 10 nitrogen and oxygen atoms in total. The summed E-state index contributed by atoms with van der Waals surface area (Å²) in [6.45, 7) is 5.93. The van der Waals surface area contributed by atoms with Crippen LogP contribution in [0.1, 0.15) is 49.7 Å². The molecule has 3 heterocycles. The number of para-hydroxylation sites is 1. The number of rotatable bonds is 8. The van der Waals surface area contributed by atoms with Crippen molar-refractivity contribution in [1.29, 1.82) is 0 Å². The monoisotopic (exact) mass is 654 g/mol. The molecule has 14 heteroatoms. The summed E-state index contributed by atoms with van der Waals surface area (Å²) in [6.07, 6.45) is -1.20. The number of piperidine rings is 1. The van der Waals surface area contributed by atoms with Gasteiger partial charge in [-0.2, -0.15) is 23.4 Å². The fourth-order valence-electron chi connectivity index (χ4n) is 5.07. The third-order valence-electron chi connectivity index (χ3n) is 6.98. The number of hydrogen-bond acceptors (Lipinski definition) is 9. The first-order chi connectivity index (χ1) is 21.9. The van der Waals surface area contributed by atoms with Gasteiger partial charge in [-0.05, 0) is 69.9 Å². The zero-order chi connectivity index (χ0) is 32.9. The number of nitrogens with one attached hydrogen (secondary N) is 2. The molecule has 242 valence electrons. The number of carbonyl (C=O) groups excluding carboxylic acids is 2. The van der Waals surface area contributed by atoms with Gasteiger partial charge in [0.05, 0.1) is 23.8 Å². The van der Waals surface area contributed by atoms with Gasteiger partial charge in [0.15, 0.2) is 0 Å². The lowest BCUT2D eigenvalue weighted by atomic mass is 9.96. The molecular formula is C32H33F3N6O4S. The molecule has 2 aromatic heterocycles. The Hall–Kier alpha value is -4.72. The van der Waals surface area contributed by atoms with E-state index in [4.69, 9.17) is 9.47 Å². The van der Waals surface area contributed by atoms with Crippen molar-refractivity contribution >= 4 is 34.7 Å². The molecular weight excluding hydrogens is 621 g/mol. The summed E-state index contributed by atoms with van der Waals surface area (Å²) in [7, 11) is 0. The lowest BCUT2D eigenvalue weighted by Gasteiger charge is -2.37. The standard InChI is InChI=1S/C32H33F3N6O4S/c1-31(2,3)45-30(43)36-16-20-8-7-15-41(18-20)27-23(39-28(42)24-19-46-29(40-24)21-13-14-37-38-17-21)11-12-25(26(27)32(33,34)35)44-22-9-5-4-6-10-22/h4-6,9-14,17,19-20H,7-8,15-16,18H2,1-3H3,(H,36,43)(H,39,42)/t20-/m1/s1. The van der Waals surface area contributed by atoms with E-state index in [0.29, 0.717) is 30.0 Å². The van der Waals surface area contributed by atoms with Crippen LogP contribution in [-0.4, -0.2) is 52.4 Å². The van der Waals surface area contributed by atoms with Crippen LogP contribution in [0.4, 0.5) is 29.3 Å². The van der Waals surface area contributed by atoms with Gasteiger partial charge >= 0.3 is 12.3 Å². The van der Waals surface area contributed by atoms with Crippen molar-refractivity contribution in [3.63, 3.8) is 0 Å². The minimum Gasteiger partial charge on any atom is -0.457 e. The van der Waals surface area contributed by atoms with Crippen LogP contribution in [0.2, 0.25) is 0 Å². The molecule has 5 rings (SSSR count). The molecule has 0 aliphatic carbocycles. The summed E-state index contributed by atoms with van der Waals surface area (Å²) in [5, 5.41) is 15.0. The summed E-state index contributed by atoms with van der Waals surface area (Å²) in [4.78, 5) is 31.6. The van der Waals surface area contributed by atoms with Crippen molar-refractivity contribution < 1.29 is 32.2 Å². The van der Waals surface area contributed by atoms with Crippen LogP contribution < -0.4 is 20.3 Å². The highest BCUT2D eigenvalue weighted by Gasteiger charge is 2.41. The number of ether oxygens (including phenoxy) is 2. The number of nitrogens with zero attached hydrogens (tertiary/aromatic N) is 4. The van der Waals surface area contributed by atoms with Crippen molar-refractivity contribution in [1.82, 2.24) is 20.5 Å². The van der Waals surface area contributed by atoms with Crippen LogP contribution in [0, 0.1) is 5.92 Å². The van der Waals surface area contributed by atoms with E-state index in [9.17, 15) is 22.8 Å². The number of alkyl halides is 3. The van der Waals surface area contributed by atoms with Gasteiger partial charge in [0.1, 0.15) is 33.4 Å². The number of thiazole rings is 1. The highest BCUT2D eigenvalue weighted by atomic mass is 32.1. The molecule has 0 saturated carbocycles. The first-order valence-corrected chi connectivity index (χ1v) is 15.5. The topological polar surface area (TPSA) is 119 Å². The van der Waals surface area contributed by atoms with Crippen molar-refractivity contribution in [3.05, 3.63) is 77.6 Å². The Labute approximate surface area is 268 Å². The molecule has 1 atom stereocenters. The molecule has 1 aliphatic heterocycles. The van der Waals surface area contributed by atoms with E-state index in [0.717, 1.165) is 0 Å². The van der Waals surface area contributed by atoms with Crippen molar-refractivity contribution in [2.75, 3.05) is 29.9 Å². The lowest BCUT2D eigenvalue weighted by molar-refractivity contribution is -0.138. The molecule has 0 unspecified atom stereocenters. The van der Waals surface area contributed by atoms with E-state index in [-0.39, 0.29) is 41.8 Å². The molecule has 1 saturated heterocycles. The fraction of sp³-hybridized carbons (Fsp3) is 0.344. The number of amides is 2. The number of benzene rings is 2. The van der Waals surface area contributed by atoms with Crippen LogP contribution in [0.5, 0.6) is 11.5 Å². The Kier molecular flexibility index (Phi) is 9.75. The van der Waals surface area contributed by atoms with Crippen LogP contribution in [0.15, 0.2) is 66.3 Å². The normalized spacial score (nSPS) is 15.3. The molecule has 0 bridgehead atoms. The van der Waals surface area contributed by atoms with Gasteiger partial charge in [0.25, 0.3) is 5.91 Å². The maximum absolute atomic E-state index is 15.0. The Balaban J connectivity index is 1.48. The minimum atomic E-state index is -4.84. The second-order valence-corrected chi connectivity index (χ2v) is 12.6. The molecule has 0 radical (unpaired) electrons. The first kappa shape index (κ1) is 32.7. The SMILES string of the molecule is CC(C)(C)OC(=O)NC[C@H]1CCCN(c2c(NC(=O)c3csc(-c4ccnnc4)n3)ccc(Oc3ccccc3)c2C(F)(F)F)C1. The van der Waals surface area contributed by atoms with E-state index in [1.165, 1.54) is 41.2 Å². The average Bonchev–Trinajstić information content (AvgIpc) is 3.51. The van der Waals surface area contributed by atoms with E-state index in [1.54, 1.807) is 62.1 Å². The zero-order valence-corrected chi connectivity index (χ0v) is 26.2. The number of alkyl carbamates (subject to hydrolysis) is 1. The highest BCUT2D eigenvalue weighted by Crippen LogP contribution is 2.48. The van der Waals surface area contributed by atoms with Gasteiger partial charge < -0.3 is 25.0 Å². The summed E-state index contributed by atoms with van der Waals surface area (Å²) in [5.74, 6) is -1.02. The summed E-state index contributed by atoms with van der Waals surface area (Å²) in [6, 6.07) is 12.5. The molecule has 4 aromatic rings. The van der Waals surface area contributed by atoms with Crippen LogP contribution in [0.25, 0.3) is 10.6 Å². The lowest BCUT2D eigenvalue weighted by Crippen LogP contribution is -2.43. The third kappa shape index (κ3) is 8.30. The van der Waals surface area contributed by atoms with Crippen molar-refractivity contribution in [3.8, 4) is 22.1 Å². The van der Waals surface area contributed by atoms with E-state index in [1.807, 2.05) is 0 Å². The maximum Gasteiger partial charge on any atom is 0.422 e. The Morgan fingerprint density at radius 2 is 1.85 bits per heavy atom. The number of hydrogen-bond donors (Lipinski definition) is 2. The molecule has 1 aliphatic rings. The van der Waals surface area contributed by atoms with Crippen molar-refractivity contribution in [2.24, 2.45) is 5.92 Å². The number of anilines is 2. The van der Waals surface area contributed by atoms with Crippen LogP contribution >= 0.6 is 11.3 Å². The number of aromatic nitrogens is 3. The summed E-state index contributed by atoms with van der Waals surface area (Å²) in [5.41, 5.74) is -1.27. The fourth-order valence-corrected chi connectivity index (χ4v) is 5.86. The third-order valence-corrected chi connectivity index (χ3v) is 7.87. The Morgan fingerprint density at radius 1 is 1.07 bits per heavy atom. The second kappa shape index (κ2) is 13.7. The minimum absolute atomic E-state index is 0.0408. The van der Waals surface area contributed by atoms with Gasteiger partial charge in [-0.1, -0.05) is 18.2 Å². The van der Waals surface area contributed by atoms with Gasteiger partial charge in [0, 0.05) is 30.6 Å². The van der Waals surface area contributed by atoms with E-state index >= 15 is 0 Å². The Bertz CT molecular complexity index is 1660. The summed E-state index contributed by atoms with van der Waals surface area (Å²) < 4.78 is 56.1. The Morgan fingerprint density at radius 3 is 2.54 bits per heavy atom. The quantitative estimate of drug-likeness (QED) is 0.202. The molecule has 2 N–H and O–H groups in total. The molecule has 2 aromatic carbocycles. The smallest absolute Gasteiger partial charge is 0.422 e. The van der Waals surface area contributed by atoms with Gasteiger partial charge in [0.2, 0.25) is 0 Å². The molecule has 1 fully saturated rings. The first-order valence-electron chi connectivity index (χ1n) is 14.6. The highest BCUT2D eigenvalue weighted by molar-refractivity contribution is 7.13. The predicted molar refractivity (Wildman–Crippen MR) is 168 cm³/mol. The van der Waals surface area contributed by atoms with Crippen molar-refractivity contribution in [2.45, 2.75) is 45.4 Å². The van der Waals surface area contributed by atoms with Crippen LogP contribution in [0.3, 0.4) is 0 Å². The van der Waals surface area contributed by atoms with Gasteiger partial charge in [-0.3, -0.25) is 4.79 Å². The summed E-state index contributed by atoms with van der Waals surface area (Å²) >= 11 is 1.20. The van der Waals surface area contributed by atoms with E-state index < -0.39 is 35.1 Å². The molecule has 2 amide bonds. The second-order valence-electron chi connectivity index (χ2n) is 11.7. The maximum atomic E-state index is 15.0. The molecule has 0 spiro atoms. The van der Waals surface area contributed by atoms with Gasteiger partial charge in [-0.25, -0.2) is 9.78 Å². The average molecular weight is 655 g/mol. The van der Waals surface area contributed by atoms with Crippen LogP contribution in [-0.2, 0) is 10.9 Å². The number of carbonyl (C=O) groups is 2. The van der Waals surface area contributed by atoms with E-state index in [2.05, 4.69) is 25.8 Å².